The van der Waals surface area contributed by atoms with Gasteiger partial charge in [-0.1, -0.05) is 31.5 Å². The molecule has 7 nitrogen and oxygen atoms in total. The van der Waals surface area contributed by atoms with Crippen LogP contribution in [-0.2, 0) is 9.53 Å². The average Bonchev–Trinajstić information content (AvgIpc) is 2.52. The number of nitrogens with one attached hydrogen (secondary N) is 2. The number of rotatable bonds is 5. The first-order valence-corrected chi connectivity index (χ1v) is 8.38. The number of nitro benzene ring substituents is 1. The van der Waals surface area contributed by atoms with Crippen molar-refractivity contribution < 1.29 is 14.5 Å². The fourth-order valence-electron chi connectivity index (χ4n) is 2.38. The van der Waals surface area contributed by atoms with Gasteiger partial charge in [0.25, 0.3) is 5.69 Å². The summed E-state index contributed by atoms with van der Waals surface area (Å²) in [4.78, 5) is 23.1. The van der Waals surface area contributed by atoms with Crippen LogP contribution in [0.5, 0.6) is 0 Å². The van der Waals surface area contributed by atoms with E-state index in [4.69, 9.17) is 28.6 Å². The van der Waals surface area contributed by atoms with Crippen LogP contribution in [0.3, 0.4) is 0 Å². The number of hydrogen-bond acceptors (Lipinski definition) is 5. The van der Waals surface area contributed by atoms with E-state index in [0.717, 1.165) is 0 Å². The van der Waals surface area contributed by atoms with Crippen molar-refractivity contribution in [2.45, 2.75) is 26.8 Å². The van der Waals surface area contributed by atoms with Crippen LogP contribution >= 0.6 is 23.8 Å². The van der Waals surface area contributed by atoms with Crippen molar-refractivity contribution in [3.05, 3.63) is 50.2 Å². The minimum absolute atomic E-state index is 0.0231. The maximum atomic E-state index is 12.5. The molecular weight excluding hydrogens is 366 g/mol. The molecule has 9 heteroatoms. The molecule has 0 unspecified atom stereocenters. The van der Waals surface area contributed by atoms with Gasteiger partial charge in [-0.25, -0.2) is 4.79 Å². The number of ether oxygens (including phenoxy) is 1. The molecule has 0 aromatic heterocycles. The van der Waals surface area contributed by atoms with Crippen molar-refractivity contribution in [2.24, 2.45) is 5.92 Å². The van der Waals surface area contributed by atoms with Gasteiger partial charge in [0.1, 0.15) is 5.02 Å². The van der Waals surface area contributed by atoms with E-state index in [1.807, 2.05) is 13.8 Å². The highest BCUT2D eigenvalue weighted by molar-refractivity contribution is 7.80. The zero-order valence-corrected chi connectivity index (χ0v) is 15.5. The summed E-state index contributed by atoms with van der Waals surface area (Å²) in [5, 5.41) is 17.3. The molecular formula is C16H18ClN3O4S. The molecule has 0 aliphatic carbocycles. The first-order chi connectivity index (χ1) is 11.7. The SMILES string of the molecule is CC1=C(C(=O)OCC(C)C)[C@@H](c2ccc(Cl)c([N+](=O)[O-])c2)NC(=S)N1. The van der Waals surface area contributed by atoms with Gasteiger partial charge in [-0.3, -0.25) is 10.1 Å². The van der Waals surface area contributed by atoms with E-state index in [-0.39, 0.29) is 23.2 Å². The second kappa shape index (κ2) is 7.79. The van der Waals surface area contributed by atoms with E-state index >= 15 is 0 Å². The molecule has 0 saturated heterocycles. The zero-order valence-electron chi connectivity index (χ0n) is 14.0. The number of benzene rings is 1. The second-order valence-electron chi connectivity index (χ2n) is 6.03. The highest BCUT2D eigenvalue weighted by atomic mass is 35.5. The van der Waals surface area contributed by atoms with Crippen molar-refractivity contribution in [1.82, 2.24) is 10.6 Å². The Balaban J connectivity index is 2.44. The van der Waals surface area contributed by atoms with Crippen LogP contribution in [0, 0.1) is 16.0 Å². The number of hydrogen-bond donors (Lipinski definition) is 2. The molecule has 1 heterocycles. The predicted molar refractivity (Wildman–Crippen MR) is 98.2 cm³/mol. The summed E-state index contributed by atoms with van der Waals surface area (Å²) in [5.74, 6) is -0.318. The Morgan fingerprint density at radius 2 is 2.16 bits per heavy atom. The van der Waals surface area contributed by atoms with E-state index in [0.29, 0.717) is 21.9 Å². The molecule has 1 aliphatic heterocycles. The molecule has 1 atom stereocenters. The molecule has 0 bridgehead atoms. The Kier molecular flexibility index (Phi) is 5.97. The van der Waals surface area contributed by atoms with E-state index in [9.17, 15) is 14.9 Å². The van der Waals surface area contributed by atoms with Gasteiger partial charge in [-0.15, -0.1) is 0 Å². The van der Waals surface area contributed by atoms with Gasteiger partial charge in [0.05, 0.1) is 23.1 Å². The lowest BCUT2D eigenvalue weighted by molar-refractivity contribution is -0.384. The number of halogens is 1. The third-order valence-corrected chi connectivity index (χ3v) is 4.08. The third kappa shape index (κ3) is 4.46. The quantitative estimate of drug-likeness (QED) is 0.349. The van der Waals surface area contributed by atoms with Crippen LogP contribution in [0.25, 0.3) is 0 Å². The monoisotopic (exact) mass is 383 g/mol. The molecule has 25 heavy (non-hydrogen) atoms. The largest absolute Gasteiger partial charge is 0.462 e. The fourth-order valence-corrected chi connectivity index (χ4v) is 2.84. The summed E-state index contributed by atoms with van der Waals surface area (Å²) in [5.41, 5.74) is 1.12. The lowest BCUT2D eigenvalue weighted by atomic mass is 9.95. The van der Waals surface area contributed by atoms with E-state index in [2.05, 4.69) is 10.6 Å². The number of carbonyl (C=O) groups excluding carboxylic acids is 1. The van der Waals surface area contributed by atoms with Gasteiger partial charge in [-0.05, 0) is 36.7 Å². The van der Waals surface area contributed by atoms with Crippen molar-refractivity contribution in [2.75, 3.05) is 6.61 Å². The second-order valence-corrected chi connectivity index (χ2v) is 6.85. The summed E-state index contributed by atoms with van der Waals surface area (Å²) in [6, 6.07) is 3.71. The third-order valence-electron chi connectivity index (χ3n) is 3.54. The van der Waals surface area contributed by atoms with Crippen molar-refractivity contribution in [3.8, 4) is 0 Å². The molecule has 0 saturated carbocycles. The molecule has 134 valence electrons. The minimum Gasteiger partial charge on any atom is -0.462 e. The lowest BCUT2D eigenvalue weighted by Crippen LogP contribution is -2.45. The van der Waals surface area contributed by atoms with E-state index in [1.54, 1.807) is 13.0 Å². The van der Waals surface area contributed by atoms with E-state index < -0.39 is 16.9 Å². The first-order valence-electron chi connectivity index (χ1n) is 7.60. The maximum absolute atomic E-state index is 12.5. The molecule has 0 radical (unpaired) electrons. The van der Waals surface area contributed by atoms with Crippen LogP contribution in [0.1, 0.15) is 32.4 Å². The summed E-state index contributed by atoms with van der Waals surface area (Å²) in [6.07, 6.45) is 0. The van der Waals surface area contributed by atoms with Crippen molar-refractivity contribution >= 4 is 40.6 Å². The van der Waals surface area contributed by atoms with Crippen LogP contribution in [-0.4, -0.2) is 22.6 Å². The van der Waals surface area contributed by atoms with Crippen LogP contribution in [0.15, 0.2) is 29.5 Å². The standard InChI is InChI=1S/C16H18ClN3O4S/c1-8(2)7-24-15(21)13-9(3)18-16(25)19-14(13)10-4-5-11(17)12(6-10)20(22)23/h4-6,8,14H,7H2,1-3H3,(H2,18,19,25)/t14-/m1/s1. The Labute approximate surface area is 155 Å². The minimum atomic E-state index is -0.663. The number of allylic oxidation sites excluding steroid dienone is 1. The molecule has 0 amide bonds. The normalized spacial score (nSPS) is 17.2. The molecule has 1 aliphatic rings. The predicted octanol–water partition coefficient (Wildman–Crippen LogP) is 3.24. The Morgan fingerprint density at radius 3 is 2.76 bits per heavy atom. The van der Waals surface area contributed by atoms with Crippen LogP contribution in [0.2, 0.25) is 5.02 Å². The van der Waals surface area contributed by atoms with Crippen molar-refractivity contribution in [1.29, 1.82) is 0 Å². The van der Waals surface area contributed by atoms with Crippen LogP contribution < -0.4 is 10.6 Å². The van der Waals surface area contributed by atoms with Gasteiger partial charge in [-0.2, -0.15) is 0 Å². The van der Waals surface area contributed by atoms with Crippen LogP contribution in [0.4, 0.5) is 5.69 Å². The van der Waals surface area contributed by atoms with E-state index in [1.165, 1.54) is 12.1 Å². The smallest absolute Gasteiger partial charge is 0.338 e. The summed E-state index contributed by atoms with van der Waals surface area (Å²) >= 11 is 11.0. The summed E-state index contributed by atoms with van der Waals surface area (Å²) < 4.78 is 5.32. The van der Waals surface area contributed by atoms with Gasteiger partial charge in [0.15, 0.2) is 5.11 Å². The molecule has 1 aromatic rings. The number of nitrogens with zero attached hydrogens (tertiary/aromatic N) is 1. The lowest BCUT2D eigenvalue weighted by Gasteiger charge is -2.30. The fraction of sp³-hybridized carbons (Fsp3) is 0.375. The van der Waals surface area contributed by atoms with Gasteiger partial charge >= 0.3 is 5.97 Å². The van der Waals surface area contributed by atoms with Crippen molar-refractivity contribution in [3.63, 3.8) is 0 Å². The highest BCUT2D eigenvalue weighted by Gasteiger charge is 2.32. The molecule has 0 fully saturated rings. The number of esters is 1. The maximum Gasteiger partial charge on any atom is 0.338 e. The number of nitro groups is 1. The van der Waals surface area contributed by atoms with Gasteiger partial charge in [0.2, 0.25) is 0 Å². The Hall–Kier alpha value is -2.19. The molecule has 2 rings (SSSR count). The van der Waals surface area contributed by atoms with Gasteiger partial charge < -0.3 is 15.4 Å². The average molecular weight is 384 g/mol. The topological polar surface area (TPSA) is 93.5 Å². The molecule has 2 N–H and O–H groups in total. The Bertz CT molecular complexity index is 764. The van der Waals surface area contributed by atoms with Gasteiger partial charge in [0, 0.05) is 11.8 Å². The molecule has 0 spiro atoms. The highest BCUT2D eigenvalue weighted by Crippen LogP contribution is 2.33. The number of carbonyl (C=O) groups is 1. The molecule has 1 aromatic carbocycles. The summed E-state index contributed by atoms with van der Waals surface area (Å²) in [7, 11) is 0. The summed E-state index contributed by atoms with van der Waals surface area (Å²) in [6.45, 7) is 5.84. The Morgan fingerprint density at radius 1 is 1.48 bits per heavy atom. The number of thiocarbonyl (C=S) groups is 1. The first kappa shape index (κ1) is 19.1. The zero-order chi connectivity index (χ0) is 18.7.